The number of alkyl halides is 2. The van der Waals surface area contributed by atoms with Gasteiger partial charge in [0.05, 0.1) is 5.69 Å². The highest BCUT2D eigenvalue weighted by Crippen LogP contribution is 2.26. The Hall–Kier alpha value is -2.97. The van der Waals surface area contributed by atoms with Crippen LogP contribution in [0.25, 0.3) is 0 Å². The van der Waals surface area contributed by atoms with Crippen LogP contribution in [-0.2, 0) is 0 Å². The van der Waals surface area contributed by atoms with Crippen molar-refractivity contribution in [1.82, 2.24) is 14.9 Å². The minimum Gasteiger partial charge on any atom is -0.433 e. The highest BCUT2D eigenvalue weighted by atomic mass is 19.3. The number of carbonyl (C=O) groups is 1. The number of halogens is 2. The summed E-state index contributed by atoms with van der Waals surface area (Å²) in [5.41, 5.74) is 1.18. The molecule has 7 nitrogen and oxygen atoms in total. The number of anilines is 2. The van der Waals surface area contributed by atoms with Crippen LogP contribution in [0.5, 0.6) is 5.75 Å². The number of para-hydroxylation sites is 2. The Morgan fingerprint density at radius 3 is 2.54 bits per heavy atom. The van der Waals surface area contributed by atoms with Gasteiger partial charge in [-0.1, -0.05) is 26.0 Å². The van der Waals surface area contributed by atoms with E-state index >= 15 is 0 Å². The Balaban J connectivity index is 1.59. The lowest BCUT2D eigenvalue weighted by molar-refractivity contribution is -0.0493. The number of piperazine rings is 1. The summed E-state index contributed by atoms with van der Waals surface area (Å²) in [6.07, 6.45) is 1.75. The van der Waals surface area contributed by atoms with Gasteiger partial charge in [0.2, 0.25) is 5.95 Å². The number of hydrogen-bond donors (Lipinski definition) is 1. The Kier molecular flexibility index (Phi) is 6.23. The fourth-order valence-corrected chi connectivity index (χ4v) is 2.91. The summed E-state index contributed by atoms with van der Waals surface area (Å²) in [6, 6.07) is 7.66. The summed E-state index contributed by atoms with van der Waals surface area (Å²) >= 11 is 0. The molecule has 28 heavy (non-hydrogen) atoms. The van der Waals surface area contributed by atoms with Gasteiger partial charge in [-0.15, -0.1) is 0 Å². The van der Waals surface area contributed by atoms with Gasteiger partial charge in [0, 0.05) is 38.1 Å². The Labute approximate surface area is 162 Å². The molecule has 0 bridgehead atoms. The molecule has 1 aromatic carbocycles. The molecule has 2 amide bonds. The van der Waals surface area contributed by atoms with E-state index in [4.69, 9.17) is 0 Å². The van der Waals surface area contributed by atoms with Gasteiger partial charge in [-0.05, 0) is 24.1 Å². The number of ether oxygens (including phenoxy) is 1. The van der Waals surface area contributed by atoms with Gasteiger partial charge in [-0.2, -0.15) is 8.78 Å². The number of nitrogens with zero attached hydrogens (tertiary/aromatic N) is 4. The number of carbonyl (C=O) groups excluding carboxylic acids is 1. The summed E-state index contributed by atoms with van der Waals surface area (Å²) in [5, 5.41) is 2.64. The minimum absolute atomic E-state index is 0.0663. The molecule has 3 rings (SSSR count). The normalized spacial score (nSPS) is 14.5. The van der Waals surface area contributed by atoms with Gasteiger partial charge in [0.25, 0.3) is 0 Å². The SMILES string of the molecule is CC(C)c1ccnc(N2CCN(C(=O)Nc3ccccc3OC(F)F)CC2)n1. The molecule has 1 aromatic heterocycles. The van der Waals surface area contributed by atoms with Gasteiger partial charge in [-0.3, -0.25) is 0 Å². The molecular formula is C19H23F2N5O2. The molecule has 2 aromatic rings. The highest BCUT2D eigenvalue weighted by Gasteiger charge is 2.24. The first kappa shape index (κ1) is 19.8. The Morgan fingerprint density at radius 1 is 1.14 bits per heavy atom. The number of aromatic nitrogens is 2. The van der Waals surface area contributed by atoms with Gasteiger partial charge >= 0.3 is 12.6 Å². The molecule has 150 valence electrons. The van der Waals surface area contributed by atoms with Crippen molar-refractivity contribution in [3.05, 3.63) is 42.2 Å². The second-order valence-corrected chi connectivity index (χ2v) is 6.72. The standard InChI is InChI=1S/C19H23F2N5O2/c1-13(2)14-7-8-22-18(23-14)25-9-11-26(12-10-25)19(27)24-15-5-3-4-6-16(15)28-17(20)21/h3-8,13,17H,9-12H2,1-2H3,(H,24,27). The number of rotatable bonds is 5. The average molecular weight is 391 g/mol. The van der Waals surface area contributed by atoms with E-state index in [0.717, 1.165) is 5.69 Å². The van der Waals surface area contributed by atoms with E-state index in [2.05, 4.69) is 33.9 Å². The number of amides is 2. The van der Waals surface area contributed by atoms with E-state index in [1.807, 2.05) is 11.0 Å². The largest absolute Gasteiger partial charge is 0.433 e. The molecule has 0 unspecified atom stereocenters. The van der Waals surface area contributed by atoms with E-state index in [-0.39, 0.29) is 17.5 Å². The lowest BCUT2D eigenvalue weighted by atomic mass is 10.1. The van der Waals surface area contributed by atoms with Gasteiger partial charge < -0.3 is 19.9 Å². The Morgan fingerprint density at radius 2 is 1.86 bits per heavy atom. The van der Waals surface area contributed by atoms with Crippen LogP contribution in [0.4, 0.5) is 25.2 Å². The zero-order chi connectivity index (χ0) is 20.1. The summed E-state index contributed by atoms with van der Waals surface area (Å²) in [5.74, 6) is 0.898. The quantitative estimate of drug-likeness (QED) is 0.844. The highest BCUT2D eigenvalue weighted by molar-refractivity contribution is 5.91. The topological polar surface area (TPSA) is 70.6 Å². The molecular weight excluding hydrogens is 368 g/mol. The third-order valence-electron chi connectivity index (χ3n) is 4.45. The van der Waals surface area contributed by atoms with Gasteiger partial charge in [0.1, 0.15) is 5.75 Å². The first-order valence-electron chi connectivity index (χ1n) is 9.11. The molecule has 2 heterocycles. The molecule has 1 saturated heterocycles. The minimum atomic E-state index is -2.96. The molecule has 0 aliphatic carbocycles. The molecule has 9 heteroatoms. The van der Waals surface area contributed by atoms with E-state index < -0.39 is 6.61 Å². The molecule has 1 fully saturated rings. The average Bonchev–Trinajstić information content (AvgIpc) is 2.69. The van der Waals surface area contributed by atoms with E-state index in [1.54, 1.807) is 23.2 Å². The monoisotopic (exact) mass is 391 g/mol. The van der Waals surface area contributed by atoms with Crippen molar-refractivity contribution in [3.63, 3.8) is 0 Å². The van der Waals surface area contributed by atoms with E-state index in [1.165, 1.54) is 12.1 Å². The first-order chi connectivity index (χ1) is 13.4. The predicted octanol–water partition coefficient (Wildman–Crippen LogP) is 3.56. The van der Waals surface area contributed by atoms with Crippen molar-refractivity contribution in [2.24, 2.45) is 0 Å². The zero-order valence-electron chi connectivity index (χ0n) is 15.8. The maximum Gasteiger partial charge on any atom is 0.387 e. The van der Waals surface area contributed by atoms with Crippen molar-refractivity contribution in [3.8, 4) is 5.75 Å². The predicted molar refractivity (Wildman–Crippen MR) is 102 cm³/mol. The van der Waals surface area contributed by atoms with Crippen LogP contribution in [0.15, 0.2) is 36.5 Å². The smallest absolute Gasteiger partial charge is 0.387 e. The van der Waals surface area contributed by atoms with Crippen molar-refractivity contribution in [1.29, 1.82) is 0 Å². The van der Waals surface area contributed by atoms with Crippen LogP contribution >= 0.6 is 0 Å². The third-order valence-corrected chi connectivity index (χ3v) is 4.45. The number of urea groups is 1. The second kappa shape index (κ2) is 8.81. The number of benzene rings is 1. The molecule has 1 aliphatic rings. The van der Waals surface area contributed by atoms with Gasteiger partial charge in [-0.25, -0.2) is 14.8 Å². The summed E-state index contributed by atoms with van der Waals surface area (Å²) in [6.45, 7) is 3.31. The Bertz CT molecular complexity index is 810. The van der Waals surface area contributed by atoms with Crippen LogP contribution < -0.4 is 15.0 Å². The van der Waals surface area contributed by atoms with Crippen molar-refractivity contribution < 1.29 is 18.3 Å². The van der Waals surface area contributed by atoms with Crippen LogP contribution in [-0.4, -0.2) is 53.7 Å². The molecule has 0 radical (unpaired) electrons. The fraction of sp³-hybridized carbons (Fsp3) is 0.421. The van der Waals surface area contributed by atoms with Crippen molar-refractivity contribution >= 4 is 17.7 Å². The van der Waals surface area contributed by atoms with Crippen LogP contribution in [0.3, 0.4) is 0 Å². The maximum atomic E-state index is 12.5. The summed E-state index contributed by atoms with van der Waals surface area (Å²) < 4.78 is 29.5. The van der Waals surface area contributed by atoms with Crippen LogP contribution in [0, 0.1) is 0 Å². The fourth-order valence-electron chi connectivity index (χ4n) is 2.91. The van der Waals surface area contributed by atoms with Crippen LogP contribution in [0.2, 0.25) is 0 Å². The molecule has 0 spiro atoms. The first-order valence-corrected chi connectivity index (χ1v) is 9.11. The third kappa shape index (κ3) is 4.85. The molecule has 1 N–H and O–H groups in total. The number of nitrogens with one attached hydrogen (secondary N) is 1. The van der Waals surface area contributed by atoms with Crippen LogP contribution in [0.1, 0.15) is 25.5 Å². The lowest BCUT2D eigenvalue weighted by Gasteiger charge is -2.34. The molecule has 0 atom stereocenters. The second-order valence-electron chi connectivity index (χ2n) is 6.72. The number of hydrogen-bond acceptors (Lipinski definition) is 5. The van der Waals surface area contributed by atoms with Crippen molar-refractivity contribution in [2.75, 3.05) is 36.4 Å². The summed E-state index contributed by atoms with van der Waals surface area (Å²) in [7, 11) is 0. The zero-order valence-corrected chi connectivity index (χ0v) is 15.8. The molecule has 1 aliphatic heterocycles. The van der Waals surface area contributed by atoms with Crippen molar-refractivity contribution in [2.45, 2.75) is 26.4 Å². The van der Waals surface area contributed by atoms with Gasteiger partial charge in [0.15, 0.2) is 0 Å². The maximum absolute atomic E-state index is 12.5. The summed E-state index contributed by atoms with van der Waals surface area (Å²) in [4.78, 5) is 25.1. The molecule has 0 saturated carbocycles. The van der Waals surface area contributed by atoms with E-state index in [9.17, 15) is 13.6 Å². The lowest BCUT2D eigenvalue weighted by Crippen LogP contribution is -2.50. The van der Waals surface area contributed by atoms with E-state index in [0.29, 0.717) is 38.0 Å².